The summed E-state index contributed by atoms with van der Waals surface area (Å²) in [6.45, 7) is 2.12. The molecule has 3 nitrogen and oxygen atoms in total. The molecule has 0 aliphatic heterocycles. The molecule has 1 N–H and O–H groups in total. The Morgan fingerprint density at radius 3 is 2.94 bits per heavy atom. The molecule has 0 amide bonds. The molecule has 0 aliphatic rings. The lowest BCUT2D eigenvalue weighted by Gasteiger charge is -2.05. The molecule has 0 saturated carbocycles. The van der Waals surface area contributed by atoms with Gasteiger partial charge in [0.05, 0.1) is 5.52 Å². The van der Waals surface area contributed by atoms with Crippen molar-refractivity contribution in [3.05, 3.63) is 41.6 Å². The number of benzene rings is 1. The Kier molecular flexibility index (Phi) is 3.92. The van der Waals surface area contributed by atoms with Crippen molar-refractivity contribution in [1.29, 1.82) is 0 Å². The van der Waals surface area contributed by atoms with Gasteiger partial charge in [-0.1, -0.05) is 25.1 Å². The number of hydrogen-bond donors (Lipinski definition) is 1. The third-order valence-corrected chi connectivity index (χ3v) is 3.09. The number of aryl methyl sites for hydroxylation is 2. The average Bonchev–Trinajstić information content (AvgIpc) is 2.37. The van der Waals surface area contributed by atoms with E-state index >= 15 is 0 Å². The van der Waals surface area contributed by atoms with Gasteiger partial charge < -0.3 is 5.11 Å². The fraction of sp³-hybridized carbons (Fsp3) is 0.333. The predicted molar refractivity (Wildman–Crippen MR) is 71.7 cm³/mol. The van der Waals surface area contributed by atoms with Gasteiger partial charge >= 0.3 is 5.97 Å². The number of rotatable bonds is 5. The summed E-state index contributed by atoms with van der Waals surface area (Å²) < 4.78 is 0. The summed E-state index contributed by atoms with van der Waals surface area (Å²) in [5, 5.41) is 9.76. The molecule has 1 aromatic carbocycles. The molecule has 0 aliphatic carbocycles. The highest BCUT2D eigenvalue weighted by Crippen LogP contribution is 2.19. The van der Waals surface area contributed by atoms with Crippen molar-refractivity contribution in [2.75, 3.05) is 0 Å². The SMILES string of the molecule is CCc1cccc2cc(CCCC(=O)O)cnc12. The zero-order valence-corrected chi connectivity index (χ0v) is 10.5. The smallest absolute Gasteiger partial charge is 0.303 e. The van der Waals surface area contributed by atoms with Crippen molar-refractivity contribution in [2.45, 2.75) is 32.6 Å². The van der Waals surface area contributed by atoms with Crippen LogP contribution in [-0.2, 0) is 17.6 Å². The van der Waals surface area contributed by atoms with Crippen LogP contribution in [0.15, 0.2) is 30.5 Å². The van der Waals surface area contributed by atoms with Crippen LogP contribution in [0.25, 0.3) is 10.9 Å². The van der Waals surface area contributed by atoms with E-state index in [2.05, 4.69) is 30.1 Å². The van der Waals surface area contributed by atoms with Gasteiger partial charge in [-0.25, -0.2) is 0 Å². The van der Waals surface area contributed by atoms with Crippen LogP contribution in [0.2, 0.25) is 0 Å². The number of para-hydroxylation sites is 1. The molecule has 0 saturated heterocycles. The van der Waals surface area contributed by atoms with E-state index in [1.54, 1.807) is 0 Å². The van der Waals surface area contributed by atoms with Gasteiger partial charge in [-0.2, -0.15) is 0 Å². The lowest BCUT2D eigenvalue weighted by Crippen LogP contribution is -1.96. The van der Waals surface area contributed by atoms with Crippen molar-refractivity contribution in [3.8, 4) is 0 Å². The van der Waals surface area contributed by atoms with Crippen LogP contribution >= 0.6 is 0 Å². The van der Waals surface area contributed by atoms with Crippen molar-refractivity contribution < 1.29 is 9.90 Å². The lowest BCUT2D eigenvalue weighted by molar-refractivity contribution is -0.137. The second-order valence-corrected chi connectivity index (χ2v) is 4.43. The molecule has 3 heteroatoms. The second-order valence-electron chi connectivity index (χ2n) is 4.43. The Hall–Kier alpha value is -1.90. The summed E-state index contributed by atoms with van der Waals surface area (Å²) in [6.07, 6.45) is 4.49. The van der Waals surface area contributed by atoms with Crippen LogP contribution in [0.4, 0.5) is 0 Å². The molecule has 0 radical (unpaired) electrons. The maximum absolute atomic E-state index is 10.5. The van der Waals surface area contributed by atoms with Crippen molar-refractivity contribution in [3.63, 3.8) is 0 Å². The molecular weight excluding hydrogens is 226 g/mol. The first-order chi connectivity index (χ1) is 8.70. The maximum atomic E-state index is 10.5. The number of carbonyl (C=O) groups is 1. The van der Waals surface area contributed by atoms with Gasteiger partial charge in [0.1, 0.15) is 0 Å². The minimum atomic E-state index is -0.739. The molecule has 0 spiro atoms. The van der Waals surface area contributed by atoms with Crippen LogP contribution < -0.4 is 0 Å². The van der Waals surface area contributed by atoms with E-state index < -0.39 is 5.97 Å². The van der Waals surface area contributed by atoms with Gasteiger partial charge in [0.25, 0.3) is 0 Å². The Morgan fingerprint density at radius 2 is 2.22 bits per heavy atom. The van der Waals surface area contributed by atoms with Crippen LogP contribution in [0, 0.1) is 0 Å². The van der Waals surface area contributed by atoms with E-state index in [1.807, 2.05) is 12.3 Å². The molecule has 0 unspecified atom stereocenters. The number of pyridine rings is 1. The standard InChI is InChI=1S/C15H17NO2/c1-2-12-6-4-7-13-9-11(10-16-15(12)13)5-3-8-14(17)18/h4,6-7,9-10H,2-3,5,8H2,1H3,(H,17,18). The van der Waals surface area contributed by atoms with E-state index in [4.69, 9.17) is 5.11 Å². The first-order valence-corrected chi connectivity index (χ1v) is 6.29. The molecule has 2 rings (SSSR count). The molecule has 94 valence electrons. The molecular formula is C15H17NO2. The second kappa shape index (κ2) is 5.63. The Labute approximate surface area is 106 Å². The quantitative estimate of drug-likeness (QED) is 0.877. The number of carboxylic acids is 1. The third kappa shape index (κ3) is 2.86. The van der Waals surface area contributed by atoms with E-state index in [-0.39, 0.29) is 6.42 Å². The molecule has 2 aromatic rings. The maximum Gasteiger partial charge on any atom is 0.303 e. The van der Waals surface area contributed by atoms with E-state index in [1.165, 1.54) is 5.56 Å². The highest BCUT2D eigenvalue weighted by atomic mass is 16.4. The minimum Gasteiger partial charge on any atom is -0.481 e. The first kappa shape index (κ1) is 12.6. The Balaban J connectivity index is 2.20. The van der Waals surface area contributed by atoms with Gasteiger partial charge in [0.2, 0.25) is 0 Å². The number of carboxylic acid groups (broad SMARTS) is 1. The molecule has 0 bridgehead atoms. The highest BCUT2D eigenvalue weighted by Gasteiger charge is 2.03. The summed E-state index contributed by atoms with van der Waals surface area (Å²) in [7, 11) is 0. The third-order valence-electron chi connectivity index (χ3n) is 3.09. The lowest BCUT2D eigenvalue weighted by atomic mass is 10.0. The highest BCUT2D eigenvalue weighted by molar-refractivity contribution is 5.82. The molecule has 0 atom stereocenters. The van der Waals surface area contributed by atoms with Gasteiger partial charge in [-0.3, -0.25) is 9.78 Å². The van der Waals surface area contributed by atoms with Crippen LogP contribution in [0.1, 0.15) is 30.9 Å². The monoisotopic (exact) mass is 243 g/mol. The molecule has 1 heterocycles. The largest absolute Gasteiger partial charge is 0.481 e. The Morgan fingerprint density at radius 1 is 1.39 bits per heavy atom. The number of hydrogen-bond acceptors (Lipinski definition) is 2. The molecule has 18 heavy (non-hydrogen) atoms. The van der Waals surface area contributed by atoms with E-state index in [0.717, 1.165) is 29.3 Å². The zero-order chi connectivity index (χ0) is 13.0. The summed E-state index contributed by atoms with van der Waals surface area (Å²) in [5.41, 5.74) is 3.42. The van der Waals surface area contributed by atoms with Crippen molar-refractivity contribution in [2.24, 2.45) is 0 Å². The van der Waals surface area contributed by atoms with E-state index in [9.17, 15) is 4.79 Å². The van der Waals surface area contributed by atoms with Gasteiger partial charge in [0.15, 0.2) is 0 Å². The fourth-order valence-corrected chi connectivity index (χ4v) is 2.14. The number of fused-ring (bicyclic) bond motifs is 1. The first-order valence-electron chi connectivity index (χ1n) is 6.29. The number of aliphatic carboxylic acids is 1. The normalized spacial score (nSPS) is 10.7. The summed E-state index contributed by atoms with van der Waals surface area (Å²) in [5.74, 6) is -0.739. The van der Waals surface area contributed by atoms with Crippen LogP contribution in [0.3, 0.4) is 0 Å². The average molecular weight is 243 g/mol. The summed E-state index contributed by atoms with van der Waals surface area (Å²) >= 11 is 0. The fourth-order valence-electron chi connectivity index (χ4n) is 2.14. The van der Waals surface area contributed by atoms with Gasteiger partial charge in [-0.05, 0) is 36.5 Å². The number of aromatic nitrogens is 1. The minimum absolute atomic E-state index is 0.215. The van der Waals surface area contributed by atoms with Crippen LogP contribution in [-0.4, -0.2) is 16.1 Å². The predicted octanol–water partition coefficient (Wildman–Crippen LogP) is 3.20. The Bertz CT molecular complexity index is 563. The van der Waals surface area contributed by atoms with Crippen molar-refractivity contribution in [1.82, 2.24) is 4.98 Å². The molecule has 1 aromatic heterocycles. The topological polar surface area (TPSA) is 50.2 Å². The van der Waals surface area contributed by atoms with Crippen LogP contribution in [0.5, 0.6) is 0 Å². The number of nitrogens with zero attached hydrogens (tertiary/aromatic N) is 1. The summed E-state index contributed by atoms with van der Waals surface area (Å²) in [4.78, 5) is 15.0. The summed E-state index contributed by atoms with van der Waals surface area (Å²) in [6, 6.07) is 8.31. The van der Waals surface area contributed by atoms with Crippen molar-refractivity contribution >= 4 is 16.9 Å². The zero-order valence-electron chi connectivity index (χ0n) is 10.5. The van der Waals surface area contributed by atoms with Gasteiger partial charge in [0, 0.05) is 18.0 Å². The molecule has 0 fully saturated rings. The van der Waals surface area contributed by atoms with E-state index in [0.29, 0.717) is 6.42 Å². The van der Waals surface area contributed by atoms with Gasteiger partial charge in [-0.15, -0.1) is 0 Å².